The van der Waals surface area contributed by atoms with Crippen molar-refractivity contribution in [1.82, 2.24) is 0 Å². The molecule has 0 saturated heterocycles. The Morgan fingerprint density at radius 3 is 1.68 bits per heavy atom. The van der Waals surface area contributed by atoms with E-state index in [9.17, 15) is 5.11 Å². The molecule has 3 N–H and O–H groups in total. The first-order valence-corrected chi connectivity index (χ1v) is 10.2. The van der Waals surface area contributed by atoms with Gasteiger partial charge in [0.1, 0.15) is 0 Å². The monoisotopic (exact) mass is 334 g/mol. The minimum absolute atomic E-state index is 0.108. The Kier molecular flexibility index (Phi) is 12.0. The Morgan fingerprint density at radius 1 is 1.05 bits per heavy atom. The summed E-state index contributed by atoms with van der Waals surface area (Å²) in [7, 11) is -1.70. The molecule has 0 saturated carbocycles. The van der Waals surface area contributed by atoms with Crippen LogP contribution in [0.3, 0.4) is 0 Å². The molecule has 0 aromatic rings. The van der Waals surface area contributed by atoms with Crippen LogP contribution in [0.25, 0.3) is 0 Å². The second-order valence-corrected chi connectivity index (χ2v) is 11.3. The molecule has 0 radical (unpaired) electrons. The summed E-state index contributed by atoms with van der Waals surface area (Å²) in [6.45, 7) is 11.0. The van der Waals surface area contributed by atoms with Crippen LogP contribution in [0.15, 0.2) is 0 Å². The lowest BCUT2D eigenvalue weighted by atomic mass is 10.2. The summed E-state index contributed by atoms with van der Waals surface area (Å²) in [4.78, 5) is 0. The molecule has 7 heteroatoms. The second-order valence-electron chi connectivity index (χ2n) is 5.87. The first-order valence-electron chi connectivity index (χ1n) is 6.24. The molecule has 2 atom stereocenters. The minimum atomic E-state index is -1.70. The molecule has 4 nitrogen and oxygen atoms in total. The number of rotatable bonds is 6. The first-order chi connectivity index (χ1) is 8.51. The van der Waals surface area contributed by atoms with Crippen molar-refractivity contribution in [3.63, 3.8) is 0 Å². The maximum absolute atomic E-state index is 9.25. The number of alkyl halides is 2. The van der Waals surface area contributed by atoms with Crippen LogP contribution in [0.5, 0.6) is 0 Å². The Bertz CT molecular complexity index is 218. The van der Waals surface area contributed by atoms with Crippen LogP contribution in [0.1, 0.15) is 20.8 Å². The van der Waals surface area contributed by atoms with Gasteiger partial charge in [-0.15, -0.1) is 23.2 Å². The van der Waals surface area contributed by atoms with E-state index in [0.717, 1.165) is 0 Å². The van der Waals surface area contributed by atoms with Gasteiger partial charge in [-0.2, -0.15) is 0 Å². The normalized spacial score (nSPS) is 15.5. The van der Waals surface area contributed by atoms with E-state index in [-0.39, 0.29) is 23.4 Å². The largest absolute Gasteiger partial charge is 0.414 e. The van der Waals surface area contributed by atoms with Crippen LogP contribution in [-0.2, 0) is 4.43 Å². The molecule has 0 amide bonds. The van der Waals surface area contributed by atoms with Gasteiger partial charge < -0.3 is 19.7 Å². The van der Waals surface area contributed by atoms with Crippen molar-refractivity contribution < 1.29 is 19.7 Å². The van der Waals surface area contributed by atoms with E-state index in [1.165, 1.54) is 0 Å². The predicted octanol–water partition coefficient (Wildman–Crippen LogP) is 2.19. The van der Waals surface area contributed by atoms with E-state index < -0.39 is 20.5 Å². The number of halogens is 2. The zero-order valence-electron chi connectivity index (χ0n) is 12.5. The molecule has 0 fully saturated rings. The van der Waals surface area contributed by atoms with Gasteiger partial charge in [0.15, 0.2) is 8.32 Å². The van der Waals surface area contributed by atoms with Gasteiger partial charge in [0, 0.05) is 0 Å². The highest BCUT2D eigenvalue weighted by Gasteiger charge is 2.37. The Morgan fingerprint density at radius 2 is 1.47 bits per heavy atom. The van der Waals surface area contributed by atoms with Gasteiger partial charge in [-0.3, -0.25) is 0 Å². The van der Waals surface area contributed by atoms with Crippen molar-refractivity contribution in [2.45, 2.75) is 51.1 Å². The Labute approximate surface area is 127 Å². The molecule has 0 rings (SSSR count). The summed E-state index contributed by atoms with van der Waals surface area (Å²) in [5.74, 6) is 0.352. The highest BCUT2D eigenvalue weighted by molar-refractivity contribution is 6.74. The van der Waals surface area contributed by atoms with Crippen LogP contribution in [0, 0.1) is 0 Å². The van der Waals surface area contributed by atoms with Crippen molar-refractivity contribution in [2.24, 2.45) is 0 Å². The smallest absolute Gasteiger partial charge is 0.192 e. The summed E-state index contributed by atoms with van der Waals surface area (Å²) < 4.78 is 5.75. The van der Waals surface area contributed by atoms with Crippen molar-refractivity contribution in [1.29, 1.82) is 0 Å². The summed E-state index contributed by atoms with van der Waals surface area (Å²) >= 11 is 10.5. The fraction of sp³-hybridized carbons (Fsp3) is 1.00. The number of aliphatic hydroxyl groups is 3. The average Bonchev–Trinajstić information content (AvgIpc) is 2.34. The topological polar surface area (TPSA) is 69.9 Å². The zero-order chi connectivity index (χ0) is 15.7. The Hall–Kier alpha value is 0.637. The third-order valence-electron chi connectivity index (χ3n) is 3.01. The van der Waals surface area contributed by atoms with Crippen LogP contribution in [0.4, 0.5) is 0 Å². The van der Waals surface area contributed by atoms with Crippen LogP contribution < -0.4 is 0 Å². The molecule has 0 spiro atoms. The minimum Gasteiger partial charge on any atom is -0.414 e. The van der Waals surface area contributed by atoms with Gasteiger partial charge in [-0.1, -0.05) is 20.8 Å². The summed E-state index contributed by atoms with van der Waals surface area (Å²) in [6, 6.07) is 0. The number of aliphatic hydroxyl groups excluding tert-OH is 3. The lowest BCUT2D eigenvalue weighted by Crippen LogP contribution is -2.42. The van der Waals surface area contributed by atoms with Crippen molar-refractivity contribution in [3.05, 3.63) is 0 Å². The standard InChI is InChI=1S/C9H21ClO2Si.C3H7ClO2/c1-9(2,3)13(4,5)12-7-8(11)6-10;4-1-3(6)2-5/h8,11H,6-7H2,1-5H3;3,5-6H,1-2H2/t8-;3-/m00/s1. The summed E-state index contributed by atoms with van der Waals surface area (Å²) in [5, 5.41) is 25.7. The second kappa shape index (κ2) is 10.4. The summed E-state index contributed by atoms with van der Waals surface area (Å²) in [6.07, 6.45) is -1.28. The lowest BCUT2D eigenvalue weighted by Gasteiger charge is -2.36. The number of hydrogen-bond acceptors (Lipinski definition) is 4. The maximum atomic E-state index is 9.25. The quantitative estimate of drug-likeness (QED) is 0.514. The molecule has 19 heavy (non-hydrogen) atoms. The van der Waals surface area contributed by atoms with E-state index in [1.807, 2.05) is 0 Å². The fourth-order valence-electron chi connectivity index (χ4n) is 0.614. The SMILES string of the molecule is CC(C)(C)[Si](C)(C)OC[C@@H](O)CCl.OC[C@@H](O)CCl. The van der Waals surface area contributed by atoms with E-state index >= 15 is 0 Å². The molecular formula is C12H28Cl2O4Si. The van der Waals surface area contributed by atoms with Gasteiger partial charge in [0.2, 0.25) is 0 Å². The van der Waals surface area contributed by atoms with Crippen LogP contribution in [-0.4, -0.2) is 60.8 Å². The lowest BCUT2D eigenvalue weighted by molar-refractivity contribution is 0.112. The Balaban J connectivity index is 0. The molecule has 0 heterocycles. The highest BCUT2D eigenvalue weighted by atomic mass is 35.5. The van der Waals surface area contributed by atoms with Crippen LogP contribution in [0.2, 0.25) is 18.1 Å². The molecule has 0 bridgehead atoms. The molecule has 0 aliphatic carbocycles. The molecule has 118 valence electrons. The molecule has 0 unspecified atom stereocenters. The van der Waals surface area contributed by atoms with Gasteiger partial charge in [-0.05, 0) is 18.1 Å². The van der Waals surface area contributed by atoms with Gasteiger partial charge >= 0.3 is 0 Å². The van der Waals surface area contributed by atoms with Gasteiger partial charge in [0.05, 0.1) is 37.2 Å². The van der Waals surface area contributed by atoms with Gasteiger partial charge in [-0.25, -0.2) is 0 Å². The zero-order valence-corrected chi connectivity index (χ0v) is 15.0. The summed E-state index contributed by atoms with van der Waals surface area (Å²) in [5.41, 5.74) is 0. The molecule has 0 aromatic heterocycles. The van der Waals surface area contributed by atoms with Crippen molar-refractivity contribution in [2.75, 3.05) is 25.0 Å². The molecule has 0 aromatic carbocycles. The average molecular weight is 335 g/mol. The molecule has 0 aliphatic rings. The van der Waals surface area contributed by atoms with E-state index in [0.29, 0.717) is 6.61 Å². The van der Waals surface area contributed by atoms with Gasteiger partial charge in [0.25, 0.3) is 0 Å². The van der Waals surface area contributed by atoms with Crippen LogP contribution >= 0.6 is 23.2 Å². The molecule has 0 aliphatic heterocycles. The third-order valence-corrected chi connectivity index (χ3v) is 8.22. The highest BCUT2D eigenvalue weighted by Crippen LogP contribution is 2.36. The van der Waals surface area contributed by atoms with E-state index in [1.54, 1.807) is 0 Å². The predicted molar refractivity (Wildman–Crippen MR) is 83.7 cm³/mol. The maximum Gasteiger partial charge on any atom is 0.192 e. The molecular weight excluding hydrogens is 307 g/mol. The van der Waals surface area contributed by atoms with Crippen molar-refractivity contribution in [3.8, 4) is 0 Å². The third kappa shape index (κ3) is 11.0. The fourth-order valence-corrected chi connectivity index (χ4v) is 1.84. The number of hydrogen-bond donors (Lipinski definition) is 3. The van der Waals surface area contributed by atoms with Crippen molar-refractivity contribution >= 4 is 31.5 Å². The first kappa shape index (κ1) is 21.9. The van der Waals surface area contributed by atoms with E-state index in [4.69, 9.17) is 37.8 Å². The van der Waals surface area contributed by atoms with E-state index in [2.05, 4.69) is 33.9 Å².